The highest BCUT2D eigenvalue weighted by atomic mass is 32.1. The van der Waals surface area contributed by atoms with Crippen LogP contribution in [0.4, 0.5) is 0 Å². The highest BCUT2D eigenvalue weighted by molar-refractivity contribution is 7.09. The van der Waals surface area contributed by atoms with Crippen molar-refractivity contribution in [1.82, 2.24) is 14.9 Å². The Bertz CT molecular complexity index is 706. The number of aromatic nitrogens is 2. The van der Waals surface area contributed by atoms with Crippen molar-refractivity contribution in [3.63, 3.8) is 0 Å². The van der Waals surface area contributed by atoms with Gasteiger partial charge in [0.25, 0.3) is 5.91 Å². The molecule has 0 aromatic carbocycles. The summed E-state index contributed by atoms with van der Waals surface area (Å²) in [7, 11) is 0. The third kappa shape index (κ3) is 2.89. The van der Waals surface area contributed by atoms with Gasteiger partial charge in [0, 0.05) is 30.2 Å². The molecule has 1 unspecified atom stereocenters. The van der Waals surface area contributed by atoms with Crippen LogP contribution in [0.25, 0.3) is 11.3 Å². The Morgan fingerprint density at radius 3 is 3.00 bits per heavy atom. The van der Waals surface area contributed by atoms with Crippen LogP contribution >= 0.6 is 11.3 Å². The first kappa shape index (κ1) is 14.8. The number of carbonyl (C=O) groups is 2. The lowest BCUT2D eigenvalue weighted by molar-refractivity contribution is -0.123. The number of thiazole rings is 1. The van der Waals surface area contributed by atoms with Gasteiger partial charge < -0.3 is 15.6 Å². The molecular weight excluding hydrogens is 300 g/mol. The molecule has 0 radical (unpaired) electrons. The van der Waals surface area contributed by atoms with Crippen molar-refractivity contribution >= 4 is 23.2 Å². The number of amides is 2. The topological polar surface area (TPSA) is 92.1 Å². The zero-order valence-corrected chi connectivity index (χ0v) is 13.2. The molecular formula is C15H18N4O2S. The van der Waals surface area contributed by atoms with Crippen LogP contribution in [0.15, 0.2) is 17.6 Å². The van der Waals surface area contributed by atoms with Crippen LogP contribution in [0.3, 0.4) is 0 Å². The van der Waals surface area contributed by atoms with E-state index >= 15 is 0 Å². The molecule has 2 amide bonds. The number of hydrogen-bond acceptors (Lipinski definition) is 4. The third-order valence-electron chi connectivity index (χ3n) is 3.94. The van der Waals surface area contributed by atoms with Crippen LogP contribution in [0.5, 0.6) is 0 Å². The van der Waals surface area contributed by atoms with Gasteiger partial charge in [0.2, 0.25) is 5.91 Å². The lowest BCUT2D eigenvalue weighted by atomic mass is 9.97. The molecule has 22 heavy (non-hydrogen) atoms. The Labute approximate surface area is 132 Å². The fourth-order valence-electron chi connectivity index (χ4n) is 2.73. The van der Waals surface area contributed by atoms with Gasteiger partial charge in [-0.3, -0.25) is 9.59 Å². The minimum atomic E-state index is -0.331. The van der Waals surface area contributed by atoms with E-state index in [0.29, 0.717) is 18.8 Å². The highest BCUT2D eigenvalue weighted by Gasteiger charge is 2.28. The Morgan fingerprint density at radius 1 is 1.50 bits per heavy atom. The molecule has 0 aliphatic carbocycles. The summed E-state index contributed by atoms with van der Waals surface area (Å²) in [5.41, 5.74) is 7.64. The lowest BCUT2D eigenvalue weighted by Crippen LogP contribution is -2.44. The predicted molar refractivity (Wildman–Crippen MR) is 84.5 cm³/mol. The Morgan fingerprint density at radius 2 is 2.32 bits per heavy atom. The SMILES string of the molecule is Cc1nc(-c2c[nH]c(C(=O)N3CCCC(C(N)=O)C3)c2)cs1. The van der Waals surface area contributed by atoms with Crippen LogP contribution < -0.4 is 5.73 Å². The number of primary amides is 1. The smallest absolute Gasteiger partial charge is 0.270 e. The summed E-state index contributed by atoms with van der Waals surface area (Å²) in [5.74, 6) is -0.667. The molecule has 2 aromatic rings. The predicted octanol–water partition coefficient (Wildman–Crippen LogP) is 1.78. The number of rotatable bonds is 3. The molecule has 0 spiro atoms. The number of nitrogens with two attached hydrogens (primary N) is 1. The maximum absolute atomic E-state index is 12.5. The Hall–Kier alpha value is -2.15. The zero-order valence-electron chi connectivity index (χ0n) is 12.3. The second kappa shape index (κ2) is 5.92. The number of likely N-dealkylation sites (tertiary alicyclic amines) is 1. The van der Waals surface area contributed by atoms with E-state index in [1.807, 2.05) is 18.4 Å². The average molecular weight is 318 g/mol. The second-order valence-electron chi connectivity index (χ2n) is 5.55. The van der Waals surface area contributed by atoms with E-state index in [2.05, 4.69) is 9.97 Å². The van der Waals surface area contributed by atoms with E-state index < -0.39 is 0 Å². The number of nitrogens with one attached hydrogen (secondary N) is 1. The third-order valence-corrected chi connectivity index (χ3v) is 4.71. The van der Waals surface area contributed by atoms with Gasteiger partial charge in [-0.05, 0) is 25.8 Å². The number of aryl methyl sites for hydroxylation is 1. The first-order valence-electron chi connectivity index (χ1n) is 7.24. The van der Waals surface area contributed by atoms with E-state index in [4.69, 9.17) is 5.73 Å². The van der Waals surface area contributed by atoms with Crippen molar-refractivity contribution < 1.29 is 9.59 Å². The zero-order chi connectivity index (χ0) is 15.7. The maximum Gasteiger partial charge on any atom is 0.270 e. The van der Waals surface area contributed by atoms with Crippen molar-refractivity contribution in [2.75, 3.05) is 13.1 Å². The van der Waals surface area contributed by atoms with Crippen LogP contribution in [0.1, 0.15) is 28.3 Å². The van der Waals surface area contributed by atoms with Crippen LogP contribution in [-0.4, -0.2) is 39.8 Å². The fourth-order valence-corrected chi connectivity index (χ4v) is 3.35. The van der Waals surface area contributed by atoms with Crippen molar-refractivity contribution in [2.45, 2.75) is 19.8 Å². The number of nitrogens with zero attached hydrogens (tertiary/aromatic N) is 2. The van der Waals surface area contributed by atoms with E-state index in [1.165, 1.54) is 0 Å². The number of H-pyrrole nitrogens is 1. The van der Waals surface area contributed by atoms with Crippen molar-refractivity contribution in [1.29, 1.82) is 0 Å². The first-order valence-corrected chi connectivity index (χ1v) is 8.12. The van der Waals surface area contributed by atoms with Crippen LogP contribution in [-0.2, 0) is 4.79 Å². The monoisotopic (exact) mass is 318 g/mol. The van der Waals surface area contributed by atoms with Crippen molar-refractivity contribution in [3.8, 4) is 11.3 Å². The molecule has 1 saturated heterocycles. The van der Waals surface area contributed by atoms with E-state index in [9.17, 15) is 9.59 Å². The summed E-state index contributed by atoms with van der Waals surface area (Å²) in [5, 5.41) is 2.96. The highest BCUT2D eigenvalue weighted by Crippen LogP contribution is 2.24. The molecule has 7 heteroatoms. The average Bonchev–Trinajstić information content (AvgIpc) is 3.15. The summed E-state index contributed by atoms with van der Waals surface area (Å²) >= 11 is 1.58. The molecule has 1 aliphatic heterocycles. The van der Waals surface area contributed by atoms with Crippen LogP contribution in [0.2, 0.25) is 0 Å². The van der Waals surface area contributed by atoms with Crippen molar-refractivity contribution in [3.05, 3.63) is 28.3 Å². The quantitative estimate of drug-likeness (QED) is 0.903. The minimum Gasteiger partial charge on any atom is -0.369 e. The molecule has 1 aliphatic rings. The van der Waals surface area contributed by atoms with Gasteiger partial charge in [-0.15, -0.1) is 11.3 Å². The molecule has 0 bridgehead atoms. The molecule has 0 saturated carbocycles. The van der Waals surface area contributed by atoms with E-state index in [-0.39, 0.29) is 17.7 Å². The molecule has 116 valence electrons. The Kier molecular flexibility index (Phi) is 3.98. The van der Waals surface area contributed by atoms with Gasteiger partial charge in [-0.2, -0.15) is 0 Å². The number of hydrogen-bond donors (Lipinski definition) is 2. The summed E-state index contributed by atoms with van der Waals surface area (Å²) in [6, 6.07) is 1.81. The first-order chi connectivity index (χ1) is 10.5. The molecule has 2 aromatic heterocycles. The van der Waals surface area contributed by atoms with Gasteiger partial charge in [0.05, 0.1) is 16.6 Å². The van der Waals surface area contributed by atoms with Gasteiger partial charge >= 0.3 is 0 Å². The lowest BCUT2D eigenvalue weighted by Gasteiger charge is -2.30. The van der Waals surface area contributed by atoms with Gasteiger partial charge in [0.15, 0.2) is 0 Å². The van der Waals surface area contributed by atoms with Crippen molar-refractivity contribution in [2.24, 2.45) is 11.7 Å². The Balaban J connectivity index is 1.75. The standard InChI is InChI=1S/C15H18N4O2S/c1-9-18-13(8-22-9)11-5-12(17-6-11)15(21)19-4-2-3-10(7-19)14(16)20/h5-6,8,10,17H,2-4,7H2,1H3,(H2,16,20). The number of aromatic amines is 1. The van der Waals surface area contributed by atoms with Crippen LogP contribution in [0, 0.1) is 12.8 Å². The van der Waals surface area contributed by atoms with Gasteiger partial charge in [-0.25, -0.2) is 4.98 Å². The second-order valence-corrected chi connectivity index (χ2v) is 6.61. The molecule has 3 heterocycles. The number of carbonyl (C=O) groups excluding carboxylic acids is 2. The number of piperidine rings is 1. The minimum absolute atomic E-state index is 0.0934. The largest absolute Gasteiger partial charge is 0.369 e. The summed E-state index contributed by atoms with van der Waals surface area (Å²) in [6.07, 6.45) is 3.35. The van der Waals surface area contributed by atoms with E-state index in [1.54, 1.807) is 22.4 Å². The molecule has 1 atom stereocenters. The van der Waals surface area contributed by atoms with Gasteiger partial charge in [-0.1, -0.05) is 0 Å². The fraction of sp³-hybridized carbons (Fsp3) is 0.400. The maximum atomic E-state index is 12.5. The molecule has 6 nitrogen and oxygen atoms in total. The summed E-state index contributed by atoms with van der Waals surface area (Å²) in [6.45, 7) is 3.01. The van der Waals surface area contributed by atoms with E-state index in [0.717, 1.165) is 29.1 Å². The molecule has 1 fully saturated rings. The van der Waals surface area contributed by atoms with Gasteiger partial charge in [0.1, 0.15) is 5.69 Å². The normalized spacial score (nSPS) is 18.4. The summed E-state index contributed by atoms with van der Waals surface area (Å²) < 4.78 is 0. The molecule has 3 N–H and O–H groups in total. The summed E-state index contributed by atoms with van der Waals surface area (Å²) in [4.78, 5) is 33.0. The molecule has 3 rings (SSSR count).